The van der Waals surface area contributed by atoms with Crippen molar-refractivity contribution < 1.29 is 35.1 Å². The number of hydrogen-bond acceptors (Lipinski definition) is 3. The van der Waals surface area contributed by atoms with E-state index in [1.54, 1.807) is 0 Å². The first kappa shape index (κ1) is 21.3. The van der Waals surface area contributed by atoms with Crippen molar-refractivity contribution >= 4 is 21.2 Å². The van der Waals surface area contributed by atoms with Crippen molar-refractivity contribution in [2.45, 2.75) is 37.4 Å². The summed E-state index contributed by atoms with van der Waals surface area (Å²) in [4.78, 5) is -0.941. The molecule has 0 saturated heterocycles. The molecular formula is C19H16F5NO3S. The third-order valence-electron chi connectivity index (χ3n) is 4.62. The fourth-order valence-corrected chi connectivity index (χ4v) is 4.01. The molecule has 0 bridgehead atoms. The molecule has 0 unspecified atom stereocenters. The number of hydrogen-bond donors (Lipinski definition) is 1. The summed E-state index contributed by atoms with van der Waals surface area (Å²) in [5, 5.41) is 4.88. The van der Waals surface area contributed by atoms with Crippen molar-refractivity contribution in [1.82, 2.24) is 0 Å². The molecule has 2 aromatic carbocycles. The Balaban J connectivity index is 2.07. The Hall–Kier alpha value is -2.46. The molecule has 0 radical (unpaired) electrons. The van der Waals surface area contributed by atoms with E-state index in [0.717, 1.165) is 6.07 Å². The van der Waals surface area contributed by atoms with Gasteiger partial charge in [-0.3, -0.25) is 0 Å². The van der Waals surface area contributed by atoms with Crippen LogP contribution >= 0.6 is 0 Å². The molecule has 0 aliphatic heterocycles. The molecule has 0 heterocycles. The normalized spacial score (nSPS) is 15.1. The van der Waals surface area contributed by atoms with Crippen LogP contribution in [-0.4, -0.2) is 14.8 Å². The monoisotopic (exact) mass is 433 g/mol. The molecule has 1 aliphatic rings. The molecule has 156 valence electrons. The highest BCUT2D eigenvalue weighted by Crippen LogP contribution is 2.42. The van der Waals surface area contributed by atoms with Gasteiger partial charge in [-0.05, 0) is 72.7 Å². The second-order valence-electron chi connectivity index (χ2n) is 6.65. The predicted octanol–water partition coefficient (Wildman–Crippen LogP) is 4.91. The Kier molecular flexibility index (Phi) is 5.44. The summed E-state index contributed by atoms with van der Waals surface area (Å²) in [5.41, 5.74) is 1.80. The van der Waals surface area contributed by atoms with E-state index in [4.69, 9.17) is 5.14 Å². The fraction of sp³-hybridized carbons (Fsp3) is 0.263. The van der Waals surface area contributed by atoms with Crippen LogP contribution in [0.5, 0.6) is 5.75 Å². The van der Waals surface area contributed by atoms with Gasteiger partial charge in [-0.2, -0.15) is 0 Å². The number of sulfonamides is 1. The standard InChI is InChI=1S/C19H16F5NO3S/c1-10-7-11(5-6-17(10)28-19(22,23)24)12-3-2-4-13(12)14-8-16(21)18(9-15(14)20)29(25,26)27/h5-9H,2-4H2,1H3,(H2,25,26,27). The molecule has 0 saturated carbocycles. The number of primary sulfonamides is 1. The maximum Gasteiger partial charge on any atom is 0.573 e. The molecule has 0 aromatic heterocycles. The Morgan fingerprint density at radius 1 is 1.00 bits per heavy atom. The quantitative estimate of drug-likeness (QED) is 0.697. The minimum Gasteiger partial charge on any atom is -0.406 e. The first-order valence-corrected chi connectivity index (χ1v) is 10.0. The molecule has 0 amide bonds. The summed E-state index contributed by atoms with van der Waals surface area (Å²) in [6, 6.07) is 5.39. The maximum absolute atomic E-state index is 14.6. The Morgan fingerprint density at radius 3 is 2.24 bits per heavy atom. The summed E-state index contributed by atoms with van der Waals surface area (Å²) in [5.74, 6) is -2.47. The number of benzene rings is 2. The van der Waals surface area contributed by atoms with Crippen LogP contribution in [0, 0.1) is 18.6 Å². The summed E-state index contributed by atoms with van der Waals surface area (Å²) < 4.78 is 92.8. The van der Waals surface area contributed by atoms with Crippen LogP contribution in [0.15, 0.2) is 35.2 Å². The minimum absolute atomic E-state index is 0.101. The van der Waals surface area contributed by atoms with Gasteiger partial charge in [0.05, 0.1) is 0 Å². The van der Waals surface area contributed by atoms with E-state index in [1.165, 1.54) is 25.1 Å². The number of rotatable bonds is 4. The van der Waals surface area contributed by atoms with Crippen molar-refractivity contribution in [2.75, 3.05) is 0 Å². The van der Waals surface area contributed by atoms with E-state index in [1.807, 2.05) is 0 Å². The molecule has 0 atom stereocenters. The molecular weight excluding hydrogens is 417 g/mol. The van der Waals surface area contributed by atoms with Crippen LogP contribution in [0.3, 0.4) is 0 Å². The number of halogens is 5. The topological polar surface area (TPSA) is 69.4 Å². The SMILES string of the molecule is Cc1cc(C2=C(c3cc(F)c(S(N)(=O)=O)cc3F)CCC2)ccc1OC(F)(F)F. The second-order valence-corrected chi connectivity index (χ2v) is 8.18. The van der Waals surface area contributed by atoms with E-state index < -0.39 is 32.9 Å². The summed E-state index contributed by atoms with van der Waals surface area (Å²) in [6.07, 6.45) is -3.29. The summed E-state index contributed by atoms with van der Waals surface area (Å²) in [7, 11) is -4.42. The van der Waals surface area contributed by atoms with E-state index >= 15 is 0 Å². The number of aryl methyl sites for hydroxylation is 1. The first-order chi connectivity index (χ1) is 13.4. The van der Waals surface area contributed by atoms with Gasteiger partial charge in [0.1, 0.15) is 22.3 Å². The highest BCUT2D eigenvalue weighted by Gasteiger charge is 2.32. The highest BCUT2D eigenvalue weighted by atomic mass is 32.2. The van der Waals surface area contributed by atoms with E-state index in [2.05, 4.69) is 4.74 Å². The minimum atomic E-state index is -4.82. The lowest BCUT2D eigenvalue weighted by Crippen LogP contribution is -2.17. The number of allylic oxidation sites excluding steroid dienone is 2. The first-order valence-electron chi connectivity index (χ1n) is 8.48. The zero-order valence-electron chi connectivity index (χ0n) is 15.1. The van der Waals surface area contributed by atoms with Crippen LogP contribution in [-0.2, 0) is 10.0 Å². The average molecular weight is 433 g/mol. The van der Waals surface area contributed by atoms with Crippen molar-refractivity contribution in [3.63, 3.8) is 0 Å². The van der Waals surface area contributed by atoms with E-state index in [-0.39, 0.29) is 16.9 Å². The maximum atomic E-state index is 14.6. The molecule has 3 rings (SSSR count). The zero-order chi connectivity index (χ0) is 21.6. The van der Waals surface area contributed by atoms with Gasteiger partial charge in [-0.25, -0.2) is 22.3 Å². The summed E-state index contributed by atoms with van der Waals surface area (Å²) >= 11 is 0. The Bertz CT molecular complexity index is 1110. The molecule has 1 aliphatic carbocycles. The Labute approximate surface area is 163 Å². The van der Waals surface area contributed by atoms with Crippen LogP contribution in [0.4, 0.5) is 22.0 Å². The summed E-state index contributed by atoms with van der Waals surface area (Å²) in [6.45, 7) is 1.45. The molecule has 10 heteroatoms. The van der Waals surface area contributed by atoms with Crippen LogP contribution in [0.1, 0.15) is 36.0 Å². The van der Waals surface area contributed by atoms with E-state index in [9.17, 15) is 30.4 Å². The van der Waals surface area contributed by atoms with E-state index in [0.29, 0.717) is 42.0 Å². The van der Waals surface area contributed by atoms with Crippen molar-refractivity contribution in [2.24, 2.45) is 5.14 Å². The van der Waals surface area contributed by atoms with Crippen molar-refractivity contribution in [3.05, 3.63) is 58.7 Å². The molecule has 0 spiro atoms. The largest absolute Gasteiger partial charge is 0.573 e. The predicted molar refractivity (Wildman–Crippen MR) is 96.3 cm³/mol. The van der Waals surface area contributed by atoms with Gasteiger partial charge >= 0.3 is 6.36 Å². The molecule has 2 N–H and O–H groups in total. The van der Waals surface area contributed by atoms with Gasteiger partial charge in [0, 0.05) is 5.56 Å². The lowest BCUT2D eigenvalue weighted by molar-refractivity contribution is -0.274. The molecule has 0 fully saturated rings. The Morgan fingerprint density at radius 2 is 1.66 bits per heavy atom. The zero-order valence-corrected chi connectivity index (χ0v) is 15.9. The van der Waals surface area contributed by atoms with Crippen LogP contribution in [0.2, 0.25) is 0 Å². The fourth-order valence-electron chi connectivity index (χ4n) is 3.41. The molecule has 2 aromatic rings. The number of ether oxygens (including phenoxy) is 1. The smallest absolute Gasteiger partial charge is 0.406 e. The van der Waals surface area contributed by atoms with Gasteiger partial charge in [-0.15, -0.1) is 13.2 Å². The third kappa shape index (κ3) is 4.59. The highest BCUT2D eigenvalue weighted by molar-refractivity contribution is 7.89. The van der Waals surface area contributed by atoms with Crippen LogP contribution in [0.25, 0.3) is 11.1 Å². The number of alkyl halides is 3. The third-order valence-corrected chi connectivity index (χ3v) is 5.55. The van der Waals surface area contributed by atoms with Crippen LogP contribution < -0.4 is 9.88 Å². The van der Waals surface area contributed by atoms with Gasteiger partial charge < -0.3 is 4.74 Å². The van der Waals surface area contributed by atoms with Crippen molar-refractivity contribution in [1.29, 1.82) is 0 Å². The van der Waals surface area contributed by atoms with Gasteiger partial charge in [0.2, 0.25) is 10.0 Å². The average Bonchev–Trinajstić information content (AvgIpc) is 3.05. The van der Waals surface area contributed by atoms with Gasteiger partial charge in [-0.1, -0.05) is 6.07 Å². The van der Waals surface area contributed by atoms with Gasteiger partial charge in [0.15, 0.2) is 0 Å². The second kappa shape index (κ2) is 7.42. The lowest BCUT2D eigenvalue weighted by Gasteiger charge is -2.14. The lowest BCUT2D eigenvalue weighted by atomic mass is 9.95. The van der Waals surface area contributed by atoms with Gasteiger partial charge in [0.25, 0.3) is 0 Å². The molecule has 29 heavy (non-hydrogen) atoms. The van der Waals surface area contributed by atoms with Crippen molar-refractivity contribution in [3.8, 4) is 5.75 Å². The number of nitrogens with two attached hydrogens (primary N) is 1. The molecule has 4 nitrogen and oxygen atoms in total.